The molecule has 1 heterocycles. The highest BCUT2D eigenvalue weighted by molar-refractivity contribution is 5.78. The Kier molecular flexibility index (Phi) is 4.88. The Balaban J connectivity index is 1.35. The second-order valence-electron chi connectivity index (χ2n) is 6.29. The van der Waals surface area contributed by atoms with Gasteiger partial charge in [0, 0.05) is 39.3 Å². The van der Waals surface area contributed by atoms with Crippen molar-refractivity contribution >= 4 is 5.91 Å². The van der Waals surface area contributed by atoms with Crippen LogP contribution in [0.2, 0.25) is 0 Å². The van der Waals surface area contributed by atoms with Crippen molar-refractivity contribution in [1.82, 2.24) is 15.1 Å². The van der Waals surface area contributed by atoms with Crippen molar-refractivity contribution in [2.24, 2.45) is 5.92 Å². The summed E-state index contributed by atoms with van der Waals surface area (Å²) < 4.78 is 0. The van der Waals surface area contributed by atoms with E-state index in [9.17, 15) is 4.79 Å². The van der Waals surface area contributed by atoms with E-state index in [1.165, 1.54) is 18.4 Å². The van der Waals surface area contributed by atoms with Crippen LogP contribution in [0.25, 0.3) is 0 Å². The molecular weight excluding hydrogens is 262 g/mol. The minimum absolute atomic E-state index is 0.193. The molecule has 21 heavy (non-hydrogen) atoms. The van der Waals surface area contributed by atoms with Crippen molar-refractivity contribution in [3.63, 3.8) is 0 Å². The molecule has 0 spiro atoms. The Morgan fingerprint density at radius 1 is 1.05 bits per heavy atom. The maximum atomic E-state index is 11.8. The van der Waals surface area contributed by atoms with Gasteiger partial charge in [-0.25, -0.2) is 0 Å². The highest BCUT2D eigenvalue weighted by atomic mass is 16.2. The van der Waals surface area contributed by atoms with Crippen LogP contribution < -0.4 is 5.32 Å². The number of hydrogen-bond acceptors (Lipinski definition) is 3. The van der Waals surface area contributed by atoms with Crippen LogP contribution in [-0.4, -0.2) is 55.0 Å². The van der Waals surface area contributed by atoms with E-state index in [0.29, 0.717) is 6.54 Å². The topological polar surface area (TPSA) is 35.6 Å². The molecule has 114 valence electrons. The van der Waals surface area contributed by atoms with Crippen molar-refractivity contribution in [2.75, 3.05) is 39.3 Å². The molecule has 0 bridgehead atoms. The van der Waals surface area contributed by atoms with Gasteiger partial charge in [0.2, 0.25) is 5.91 Å². The summed E-state index contributed by atoms with van der Waals surface area (Å²) in [5.74, 6) is 0.954. The van der Waals surface area contributed by atoms with E-state index < -0.39 is 0 Å². The van der Waals surface area contributed by atoms with E-state index in [1.807, 2.05) is 0 Å². The van der Waals surface area contributed by atoms with Crippen molar-refractivity contribution in [2.45, 2.75) is 19.4 Å². The van der Waals surface area contributed by atoms with E-state index >= 15 is 0 Å². The molecule has 4 heteroatoms. The van der Waals surface area contributed by atoms with Gasteiger partial charge in [0.25, 0.3) is 0 Å². The molecular formula is C17H25N3O. The molecule has 1 saturated carbocycles. The molecule has 2 aliphatic rings. The van der Waals surface area contributed by atoms with Gasteiger partial charge in [-0.3, -0.25) is 14.6 Å². The number of benzene rings is 1. The molecule has 1 amide bonds. The molecule has 4 nitrogen and oxygen atoms in total. The van der Waals surface area contributed by atoms with Crippen LogP contribution in [0.4, 0.5) is 0 Å². The number of amides is 1. The van der Waals surface area contributed by atoms with Crippen molar-refractivity contribution in [1.29, 1.82) is 0 Å². The molecule has 1 aromatic rings. The zero-order valence-electron chi connectivity index (χ0n) is 12.6. The third-order valence-corrected chi connectivity index (χ3v) is 4.37. The summed E-state index contributed by atoms with van der Waals surface area (Å²) in [7, 11) is 0. The summed E-state index contributed by atoms with van der Waals surface area (Å²) in [4.78, 5) is 16.6. The highest BCUT2D eigenvalue weighted by Crippen LogP contribution is 2.27. The van der Waals surface area contributed by atoms with E-state index in [4.69, 9.17) is 0 Å². The molecule has 2 fully saturated rings. The number of carbonyl (C=O) groups is 1. The normalized spacial score (nSPS) is 20.4. The maximum absolute atomic E-state index is 11.8. The molecule has 1 N–H and O–H groups in total. The molecule has 1 saturated heterocycles. The second-order valence-corrected chi connectivity index (χ2v) is 6.29. The lowest BCUT2D eigenvalue weighted by Crippen LogP contribution is -2.49. The van der Waals surface area contributed by atoms with Gasteiger partial charge < -0.3 is 5.32 Å². The third kappa shape index (κ3) is 4.83. The van der Waals surface area contributed by atoms with Gasteiger partial charge in [0.15, 0.2) is 0 Å². The van der Waals surface area contributed by atoms with Gasteiger partial charge in [0.1, 0.15) is 0 Å². The van der Waals surface area contributed by atoms with Gasteiger partial charge in [-0.2, -0.15) is 0 Å². The summed E-state index contributed by atoms with van der Waals surface area (Å²) in [5.41, 5.74) is 1.37. The van der Waals surface area contributed by atoms with Crippen LogP contribution >= 0.6 is 0 Å². The smallest absolute Gasteiger partial charge is 0.234 e. The first kappa shape index (κ1) is 14.5. The molecule has 0 aromatic heterocycles. The number of nitrogens with one attached hydrogen (secondary N) is 1. The predicted octanol–water partition coefficient (Wildman–Crippen LogP) is 1.33. The zero-order valence-corrected chi connectivity index (χ0v) is 12.6. The average molecular weight is 287 g/mol. The van der Waals surface area contributed by atoms with Gasteiger partial charge >= 0.3 is 0 Å². The molecule has 0 radical (unpaired) electrons. The molecule has 0 atom stereocenters. The lowest BCUT2D eigenvalue weighted by molar-refractivity contribution is -0.122. The quantitative estimate of drug-likeness (QED) is 0.857. The first-order chi connectivity index (χ1) is 10.3. The number of rotatable bonds is 6. The Hall–Kier alpha value is -1.39. The van der Waals surface area contributed by atoms with E-state index in [2.05, 4.69) is 45.4 Å². The Morgan fingerprint density at radius 2 is 1.71 bits per heavy atom. The van der Waals surface area contributed by atoms with E-state index in [0.717, 1.165) is 45.2 Å². The van der Waals surface area contributed by atoms with Crippen molar-refractivity contribution in [3.05, 3.63) is 35.9 Å². The molecule has 1 aliphatic heterocycles. The SMILES string of the molecule is O=C(CN1CCN(Cc2ccccc2)CC1)NCC1CC1. The maximum Gasteiger partial charge on any atom is 0.234 e. The van der Waals surface area contributed by atoms with Gasteiger partial charge in [0.05, 0.1) is 6.54 Å². The Bertz CT molecular complexity index is 450. The second kappa shape index (κ2) is 7.05. The van der Waals surface area contributed by atoms with Gasteiger partial charge in [-0.05, 0) is 24.3 Å². The zero-order chi connectivity index (χ0) is 14.5. The summed E-state index contributed by atoms with van der Waals surface area (Å²) >= 11 is 0. The van der Waals surface area contributed by atoms with E-state index in [1.54, 1.807) is 0 Å². The summed E-state index contributed by atoms with van der Waals surface area (Å²) in [6.45, 7) is 6.53. The van der Waals surface area contributed by atoms with Crippen molar-refractivity contribution < 1.29 is 4.79 Å². The predicted molar refractivity (Wildman–Crippen MR) is 83.9 cm³/mol. The first-order valence-electron chi connectivity index (χ1n) is 8.05. The fraction of sp³-hybridized carbons (Fsp3) is 0.588. The number of piperazine rings is 1. The van der Waals surface area contributed by atoms with Gasteiger partial charge in [-0.15, -0.1) is 0 Å². The Labute approximate surface area is 127 Å². The summed E-state index contributed by atoms with van der Waals surface area (Å²) in [5, 5.41) is 3.05. The lowest BCUT2D eigenvalue weighted by Gasteiger charge is -2.34. The molecule has 3 rings (SSSR count). The average Bonchev–Trinajstić information content (AvgIpc) is 3.33. The summed E-state index contributed by atoms with van der Waals surface area (Å²) in [6, 6.07) is 10.6. The minimum Gasteiger partial charge on any atom is -0.355 e. The fourth-order valence-corrected chi connectivity index (χ4v) is 2.79. The first-order valence-corrected chi connectivity index (χ1v) is 8.05. The minimum atomic E-state index is 0.193. The number of nitrogens with zero attached hydrogens (tertiary/aromatic N) is 2. The number of hydrogen-bond donors (Lipinski definition) is 1. The molecule has 1 aliphatic carbocycles. The third-order valence-electron chi connectivity index (χ3n) is 4.37. The van der Waals surface area contributed by atoms with Crippen LogP contribution in [0, 0.1) is 5.92 Å². The van der Waals surface area contributed by atoms with Crippen molar-refractivity contribution in [3.8, 4) is 0 Å². The van der Waals surface area contributed by atoms with E-state index in [-0.39, 0.29) is 5.91 Å². The van der Waals surface area contributed by atoms with Crippen LogP contribution in [0.1, 0.15) is 18.4 Å². The largest absolute Gasteiger partial charge is 0.355 e. The molecule has 1 aromatic carbocycles. The van der Waals surface area contributed by atoms with Gasteiger partial charge in [-0.1, -0.05) is 30.3 Å². The van der Waals surface area contributed by atoms with Crippen LogP contribution in [0.15, 0.2) is 30.3 Å². The van der Waals surface area contributed by atoms with Crippen LogP contribution in [0.5, 0.6) is 0 Å². The van der Waals surface area contributed by atoms with Crippen LogP contribution in [-0.2, 0) is 11.3 Å². The fourth-order valence-electron chi connectivity index (χ4n) is 2.79. The lowest BCUT2D eigenvalue weighted by atomic mass is 10.2. The number of carbonyl (C=O) groups excluding carboxylic acids is 1. The highest BCUT2D eigenvalue weighted by Gasteiger charge is 2.23. The summed E-state index contributed by atoms with van der Waals surface area (Å²) in [6.07, 6.45) is 2.58. The standard InChI is InChI=1S/C17H25N3O/c21-17(18-12-15-6-7-15)14-20-10-8-19(9-11-20)13-16-4-2-1-3-5-16/h1-5,15H,6-14H2,(H,18,21). The Morgan fingerprint density at radius 3 is 2.38 bits per heavy atom. The molecule has 0 unspecified atom stereocenters. The monoisotopic (exact) mass is 287 g/mol. The van der Waals surface area contributed by atoms with Crippen LogP contribution in [0.3, 0.4) is 0 Å².